The summed E-state index contributed by atoms with van der Waals surface area (Å²) in [7, 11) is 0. The second kappa shape index (κ2) is 7.50. The molecule has 5 nitrogen and oxygen atoms in total. The summed E-state index contributed by atoms with van der Waals surface area (Å²) in [5.74, 6) is -0.522. The summed E-state index contributed by atoms with van der Waals surface area (Å²) in [5.41, 5.74) is 9.30. The number of aromatic nitrogens is 1. The summed E-state index contributed by atoms with van der Waals surface area (Å²) in [6.07, 6.45) is 1.63. The molecule has 3 rings (SSSR count). The number of carbonyl (C=O) groups is 1. The number of amides is 1. The van der Waals surface area contributed by atoms with Gasteiger partial charge in [-0.3, -0.25) is 4.79 Å². The SMILES string of the molecule is Cc1cccc(C)c1-n1c(C)cc(/C=N/NC(=O)c2ccccc2O)c1C. The Bertz CT molecular complexity index is 1010. The number of rotatable bonds is 4. The van der Waals surface area contributed by atoms with Crippen LogP contribution in [0.3, 0.4) is 0 Å². The first-order chi connectivity index (χ1) is 12.9. The van der Waals surface area contributed by atoms with Crippen molar-refractivity contribution in [1.29, 1.82) is 0 Å². The maximum Gasteiger partial charge on any atom is 0.275 e. The van der Waals surface area contributed by atoms with Crippen molar-refractivity contribution >= 4 is 12.1 Å². The Balaban J connectivity index is 1.86. The maximum absolute atomic E-state index is 12.1. The number of para-hydroxylation sites is 2. The lowest BCUT2D eigenvalue weighted by molar-refractivity contribution is 0.0952. The Morgan fingerprint density at radius 1 is 1.04 bits per heavy atom. The van der Waals surface area contributed by atoms with E-state index in [2.05, 4.69) is 54.1 Å². The van der Waals surface area contributed by atoms with Crippen molar-refractivity contribution in [1.82, 2.24) is 9.99 Å². The van der Waals surface area contributed by atoms with Crippen LogP contribution in [0.2, 0.25) is 0 Å². The smallest absolute Gasteiger partial charge is 0.275 e. The largest absolute Gasteiger partial charge is 0.507 e. The van der Waals surface area contributed by atoms with Gasteiger partial charge in [0.15, 0.2) is 0 Å². The van der Waals surface area contributed by atoms with Gasteiger partial charge in [-0.2, -0.15) is 5.10 Å². The van der Waals surface area contributed by atoms with Gasteiger partial charge in [0.1, 0.15) is 5.75 Å². The third-order valence-corrected chi connectivity index (χ3v) is 4.65. The van der Waals surface area contributed by atoms with Crippen LogP contribution < -0.4 is 5.43 Å². The Kier molecular flexibility index (Phi) is 5.12. The van der Waals surface area contributed by atoms with E-state index >= 15 is 0 Å². The Hall–Kier alpha value is -3.34. The van der Waals surface area contributed by atoms with Gasteiger partial charge in [-0.25, -0.2) is 5.43 Å². The van der Waals surface area contributed by atoms with E-state index < -0.39 is 5.91 Å². The van der Waals surface area contributed by atoms with Crippen molar-refractivity contribution in [2.75, 3.05) is 0 Å². The molecular weight excluding hydrogens is 338 g/mol. The highest BCUT2D eigenvalue weighted by Crippen LogP contribution is 2.25. The Morgan fingerprint density at radius 2 is 1.70 bits per heavy atom. The van der Waals surface area contributed by atoms with Gasteiger partial charge in [-0.1, -0.05) is 30.3 Å². The minimum atomic E-state index is -0.451. The lowest BCUT2D eigenvalue weighted by Crippen LogP contribution is -2.17. The van der Waals surface area contributed by atoms with Crippen LogP contribution >= 0.6 is 0 Å². The molecule has 3 aromatic rings. The molecule has 1 amide bonds. The van der Waals surface area contributed by atoms with Gasteiger partial charge in [-0.15, -0.1) is 0 Å². The van der Waals surface area contributed by atoms with Crippen LogP contribution in [-0.2, 0) is 0 Å². The Labute approximate surface area is 159 Å². The minimum Gasteiger partial charge on any atom is -0.507 e. The van der Waals surface area contributed by atoms with Crippen molar-refractivity contribution < 1.29 is 9.90 Å². The molecule has 0 spiro atoms. The fourth-order valence-electron chi connectivity index (χ4n) is 3.31. The average Bonchev–Trinajstić information content (AvgIpc) is 2.90. The second-order valence-electron chi connectivity index (χ2n) is 6.62. The molecule has 0 aliphatic carbocycles. The third-order valence-electron chi connectivity index (χ3n) is 4.65. The van der Waals surface area contributed by atoms with Crippen molar-refractivity contribution in [3.05, 3.63) is 82.2 Å². The summed E-state index contributed by atoms with van der Waals surface area (Å²) in [4.78, 5) is 12.1. The molecular formula is C22H23N3O2. The predicted molar refractivity (Wildman–Crippen MR) is 108 cm³/mol. The number of aryl methyl sites for hydroxylation is 3. The van der Waals surface area contributed by atoms with Gasteiger partial charge in [0.2, 0.25) is 0 Å². The summed E-state index contributed by atoms with van der Waals surface area (Å²) in [6.45, 7) is 8.28. The van der Waals surface area contributed by atoms with E-state index in [-0.39, 0.29) is 11.3 Å². The number of nitrogens with one attached hydrogen (secondary N) is 1. The van der Waals surface area contributed by atoms with Crippen LogP contribution in [0.4, 0.5) is 0 Å². The van der Waals surface area contributed by atoms with Crippen LogP contribution in [0.1, 0.15) is 38.4 Å². The van der Waals surface area contributed by atoms with E-state index in [4.69, 9.17) is 0 Å². The van der Waals surface area contributed by atoms with E-state index in [1.165, 1.54) is 22.9 Å². The molecule has 0 bridgehead atoms. The third kappa shape index (κ3) is 3.62. The number of benzene rings is 2. The molecule has 0 radical (unpaired) electrons. The van der Waals surface area contributed by atoms with E-state index in [1.54, 1.807) is 24.4 Å². The number of phenols is 1. The standard InChI is InChI=1S/C22H23N3O2/c1-14-8-7-9-15(2)21(14)25-16(3)12-18(17(25)4)13-23-24-22(27)19-10-5-6-11-20(19)26/h5-13,26H,1-4H3,(H,24,27)/b23-13+. The summed E-state index contributed by atoms with van der Waals surface area (Å²) in [6, 6.07) is 14.7. The zero-order valence-corrected chi connectivity index (χ0v) is 15.9. The molecule has 27 heavy (non-hydrogen) atoms. The first-order valence-electron chi connectivity index (χ1n) is 8.77. The van der Waals surface area contributed by atoms with E-state index in [9.17, 15) is 9.90 Å². The van der Waals surface area contributed by atoms with Crippen LogP contribution in [0, 0.1) is 27.7 Å². The van der Waals surface area contributed by atoms with Crippen molar-refractivity contribution in [2.45, 2.75) is 27.7 Å². The molecule has 2 aromatic carbocycles. The molecule has 0 aliphatic rings. The molecule has 138 valence electrons. The second-order valence-corrected chi connectivity index (χ2v) is 6.62. The van der Waals surface area contributed by atoms with Crippen LogP contribution in [0.5, 0.6) is 5.75 Å². The van der Waals surface area contributed by atoms with Gasteiger partial charge in [-0.05, 0) is 57.0 Å². The first kappa shape index (κ1) is 18.5. The van der Waals surface area contributed by atoms with Gasteiger partial charge >= 0.3 is 0 Å². The number of hydrazone groups is 1. The minimum absolute atomic E-state index is 0.0709. The number of hydrogen-bond donors (Lipinski definition) is 2. The highest BCUT2D eigenvalue weighted by Gasteiger charge is 2.13. The lowest BCUT2D eigenvalue weighted by atomic mass is 10.1. The lowest BCUT2D eigenvalue weighted by Gasteiger charge is -2.15. The summed E-state index contributed by atoms with van der Waals surface area (Å²) >= 11 is 0. The van der Waals surface area contributed by atoms with Crippen molar-refractivity contribution in [3.8, 4) is 11.4 Å². The van der Waals surface area contributed by atoms with Crippen molar-refractivity contribution in [2.24, 2.45) is 5.10 Å². The molecule has 1 heterocycles. The molecule has 0 fully saturated rings. The highest BCUT2D eigenvalue weighted by molar-refractivity contribution is 5.97. The van der Waals surface area contributed by atoms with Gasteiger partial charge in [0, 0.05) is 17.0 Å². The maximum atomic E-state index is 12.1. The zero-order chi connectivity index (χ0) is 19.6. The summed E-state index contributed by atoms with van der Waals surface area (Å²) < 4.78 is 2.21. The average molecular weight is 361 g/mol. The quantitative estimate of drug-likeness (QED) is 0.541. The molecule has 1 aromatic heterocycles. The van der Waals surface area contributed by atoms with Crippen LogP contribution in [-0.4, -0.2) is 21.8 Å². The molecule has 0 aliphatic heterocycles. The predicted octanol–water partition coefficient (Wildman–Crippen LogP) is 4.18. The number of carbonyl (C=O) groups excluding carboxylic acids is 1. The van der Waals surface area contributed by atoms with Crippen molar-refractivity contribution in [3.63, 3.8) is 0 Å². The van der Waals surface area contributed by atoms with Gasteiger partial charge in [0.25, 0.3) is 5.91 Å². The topological polar surface area (TPSA) is 66.6 Å². The normalized spacial score (nSPS) is 11.1. The molecule has 0 unspecified atom stereocenters. The monoisotopic (exact) mass is 361 g/mol. The number of aromatic hydroxyl groups is 1. The van der Waals surface area contributed by atoms with Crippen LogP contribution in [0.25, 0.3) is 5.69 Å². The van der Waals surface area contributed by atoms with E-state index in [0.29, 0.717) is 0 Å². The molecule has 5 heteroatoms. The van der Waals surface area contributed by atoms with E-state index in [0.717, 1.165) is 17.0 Å². The number of phenolic OH excluding ortho intramolecular Hbond substituents is 1. The van der Waals surface area contributed by atoms with Crippen LogP contribution in [0.15, 0.2) is 53.6 Å². The highest BCUT2D eigenvalue weighted by atomic mass is 16.3. The van der Waals surface area contributed by atoms with Gasteiger partial charge in [0.05, 0.1) is 17.5 Å². The zero-order valence-electron chi connectivity index (χ0n) is 15.9. The number of hydrogen-bond acceptors (Lipinski definition) is 3. The number of nitrogens with zero attached hydrogens (tertiary/aromatic N) is 2. The van der Waals surface area contributed by atoms with E-state index in [1.807, 2.05) is 13.0 Å². The fourth-order valence-corrected chi connectivity index (χ4v) is 3.31. The molecule has 0 saturated carbocycles. The first-order valence-corrected chi connectivity index (χ1v) is 8.77. The van der Waals surface area contributed by atoms with Gasteiger partial charge < -0.3 is 9.67 Å². The fraction of sp³-hybridized carbons (Fsp3) is 0.182. The summed E-state index contributed by atoms with van der Waals surface area (Å²) in [5, 5.41) is 13.8. The molecule has 2 N–H and O–H groups in total. The Morgan fingerprint density at radius 3 is 2.37 bits per heavy atom. The molecule has 0 atom stereocenters. The molecule has 0 saturated heterocycles.